The van der Waals surface area contributed by atoms with Crippen LogP contribution in [0.4, 0.5) is 11.5 Å². The molecule has 1 fully saturated rings. The summed E-state index contributed by atoms with van der Waals surface area (Å²) in [6.45, 7) is 1.94. The summed E-state index contributed by atoms with van der Waals surface area (Å²) in [5, 5.41) is 4.85. The Bertz CT molecular complexity index is 1020. The molecule has 0 saturated carbocycles. The Labute approximate surface area is 156 Å². The van der Waals surface area contributed by atoms with Crippen molar-refractivity contribution in [3.63, 3.8) is 0 Å². The number of ether oxygens (including phenoxy) is 1. The third-order valence-corrected chi connectivity index (χ3v) is 5.41. The maximum Gasteiger partial charge on any atom is 0.252 e. The third-order valence-electron chi connectivity index (χ3n) is 5.41. The number of hydrogen-bond donors (Lipinski definition) is 1. The highest BCUT2D eigenvalue weighted by Crippen LogP contribution is 2.29. The molecule has 3 aromatic rings. The van der Waals surface area contributed by atoms with Crippen LogP contribution in [0.3, 0.4) is 0 Å². The normalized spacial score (nSPS) is 17.1. The van der Waals surface area contributed by atoms with Crippen molar-refractivity contribution in [3.8, 4) is 11.3 Å². The van der Waals surface area contributed by atoms with E-state index in [1.54, 1.807) is 0 Å². The largest absolute Gasteiger partial charge is 0.381 e. The number of nitrogens with zero attached hydrogens (tertiary/aromatic N) is 5. The van der Waals surface area contributed by atoms with Crippen LogP contribution in [0.15, 0.2) is 36.5 Å². The van der Waals surface area contributed by atoms with Crippen LogP contribution in [-0.2, 0) is 11.3 Å². The van der Waals surface area contributed by atoms with Crippen LogP contribution in [0.1, 0.15) is 18.4 Å². The lowest BCUT2D eigenvalue weighted by molar-refractivity contribution is -0.525. The number of imidazole rings is 1. The maximum atomic E-state index is 11.5. The van der Waals surface area contributed by atoms with Gasteiger partial charge >= 0.3 is 0 Å². The molecule has 5 rings (SSSR count). The maximum absolute atomic E-state index is 11.5. The molecule has 8 heteroatoms. The summed E-state index contributed by atoms with van der Waals surface area (Å²) < 4.78 is 7.35. The average Bonchev–Trinajstić information content (AvgIpc) is 3.29. The van der Waals surface area contributed by atoms with Crippen molar-refractivity contribution in [2.75, 3.05) is 30.6 Å². The first-order valence-corrected chi connectivity index (χ1v) is 9.19. The zero-order valence-corrected chi connectivity index (χ0v) is 15.1. The molecule has 4 heterocycles. The topological polar surface area (TPSA) is 74.8 Å². The van der Waals surface area contributed by atoms with Gasteiger partial charge in [-0.3, -0.25) is 0 Å². The van der Waals surface area contributed by atoms with Crippen molar-refractivity contribution in [1.82, 2.24) is 14.6 Å². The number of hydrogen-bond acceptors (Lipinski definition) is 5. The summed E-state index contributed by atoms with van der Waals surface area (Å²) in [7, 11) is 2.09. The molecule has 2 aliphatic rings. The molecular weight excluding hydrogens is 344 g/mol. The van der Waals surface area contributed by atoms with E-state index in [1.165, 1.54) is 0 Å². The van der Waals surface area contributed by atoms with Gasteiger partial charge in [-0.2, -0.15) is 0 Å². The lowest BCUT2D eigenvalue weighted by atomic mass is 10.1. The number of fused-ring (bicyclic) bond motifs is 2. The average molecular weight is 365 g/mol. The SMILES string of the molecule is CN(c1ccc2ncc(-c3ccc4c(c3)C[N+](=O)N4)n2n1)C1CCOCC1. The Morgan fingerprint density at radius 1 is 1.26 bits per heavy atom. The van der Waals surface area contributed by atoms with Gasteiger partial charge in [-0.1, -0.05) is 6.07 Å². The molecule has 0 amide bonds. The van der Waals surface area contributed by atoms with E-state index in [1.807, 2.05) is 41.0 Å². The molecule has 2 aromatic heterocycles. The van der Waals surface area contributed by atoms with Gasteiger partial charge in [0.2, 0.25) is 0 Å². The number of nitroso groups, excluding NO2 is 1. The highest BCUT2D eigenvalue weighted by molar-refractivity contribution is 5.68. The predicted molar refractivity (Wildman–Crippen MR) is 102 cm³/mol. The summed E-state index contributed by atoms with van der Waals surface area (Å²) >= 11 is 0. The van der Waals surface area contributed by atoms with E-state index in [0.717, 1.165) is 64.9 Å². The van der Waals surface area contributed by atoms with E-state index in [2.05, 4.69) is 22.4 Å². The van der Waals surface area contributed by atoms with E-state index in [-0.39, 0.29) is 0 Å². The molecule has 1 saturated heterocycles. The zero-order valence-electron chi connectivity index (χ0n) is 15.1. The standard InChI is InChI=1S/C19H21N6O2/c1-23(15-6-8-27-9-7-15)19-5-4-18-20-11-17(25(18)22-19)13-2-3-16-14(10-13)12-24(26)21-16/h2-5,10-11,15H,6-9,12H2,1H3,(H,21,26)/q+1. The highest BCUT2D eigenvalue weighted by atomic mass is 16.5. The van der Waals surface area contributed by atoms with E-state index in [9.17, 15) is 4.91 Å². The van der Waals surface area contributed by atoms with Crippen molar-refractivity contribution in [2.45, 2.75) is 25.4 Å². The van der Waals surface area contributed by atoms with Crippen LogP contribution >= 0.6 is 0 Å². The molecule has 0 radical (unpaired) electrons. The molecule has 2 aliphatic heterocycles. The Morgan fingerprint density at radius 2 is 2.11 bits per heavy atom. The molecule has 0 aliphatic carbocycles. The summed E-state index contributed by atoms with van der Waals surface area (Å²) in [4.78, 5) is 19.1. The lowest BCUT2D eigenvalue weighted by Crippen LogP contribution is -2.37. The summed E-state index contributed by atoms with van der Waals surface area (Å²) in [6, 6.07) is 10.4. The fourth-order valence-corrected chi connectivity index (χ4v) is 3.83. The van der Waals surface area contributed by atoms with Gasteiger partial charge < -0.3 is 9.64 Å². The zero-order chi connectivity index (χ0) is 18.4. The number of rotatable bonds is 3. The molecule has 8 nitrogen and oxygen atoms in total. The Balaban J connectivity index is 1.52. The first-order chi connectivity index (χ1) is 13.2. The quantitative estimate of drug-likeness (QED) is 0.719. The minimum atomic E-state index is 0.338. The summed E-state index contributed by atoms with van der Waals surface area (Å²) in [5.41, 5.74) is 7.34. The predicted octanol–water partition coefficient (Wildman–Crippen LogP) is 2.63. The molecule has 1 aromatic carbocycles. The molecule has 0 bridgehead atoms. The highest BCUT2D eigenvalue weighted by Gasteiger charge is 2.25. The first kappa shape index (κ1) is 16.2. The van der Waals surface area contributed by atoms with Crippen molar-refractivity contribution in [3.05, 3.63) is 47.0 Å². The van der Waals surface area contributed by atoms with E-state index < -0.39 is 0 Å². The molecule has 0 spiro atoms. The summed E-state index contributed by atoms with van der Waals surface area (Å²) in [6.07, 6.45) is 3.85. The smallest absolute Gasteiger partial charge is 0.252 e. The van der Waals surface area contributed by atoms with E-state index in [0.29, 0.717) is 12.6 Å². The Hall–Kier alpha value is -3.00. The van der Waals surface area contributed by atoms with Gasteiger partial charge in [0.15, 0.2) is 5.65 Å². The van der Waals surface area contributed by atoms with Gasteiger partial charge in [-0.25, -0.2) is 9.50 Å². The number of hydrazine groups is 1. The van der Waals surface area contributed by atoms with Crippen LogP contribution in [0.5, 0.6) is 0 Å². The second-order valence-corrected chi connectivity index (χ2v) is 7.08. The first-order valence-electron chi connectivity index (χ1n) is 9.19. The van der Waals surface area contributed by atoms with E-state index in [4.69, 9.17) is 9.84 Å². The second-order valence-electron chi connectivity index (χ2n) is 7.08. The van der Waals surface area contributed by atoms with Crippen molar-refractivity contribution in [2.24, 2.45) is 0 Å². The molecule has 138 valence electrons. The molecule has 1 N–H and O–H groups in total. The molecule has 0 atom stereocenters. The van der Waals surface area contributed by atoms with Gasteiger partial charge in [0.05, 0.1) is 22.4 Å². The number of nitrogens with one attached hydrogen (secondary N) is 1. The number of aromatic nitrogens is 3. The monoisotopic (exact) mass is 365 g/mol. The lowest BCUT2D eigenvalue weighted by Gasteiger charge is -2.31. The van der Waals surface area contributed by atoms with Gasteiger partial charge in [0, 0.05) is 31.9 Å². The number of anilines is 2. The van der Waals surface area contributed by atoms with Crippen LogP contribution in [0.25, 0.3) is 16.9 Å². The Morgan fingerprint density at radius 3 is 2.96 bits per heavy atom. The second kappa shape index (κ2) is 6.31. The third kappa shape index (κ3) is 2.82. The van der Waals surface area contributed by atoms with Gasteiger partial charge in [0.1, 0.15) is 16.4 Å². The van der Waals surface area contributed by atoms with Crippen LogP contribution in [0, 0.1) is 4.91 Å². The minimum Gasteiger partial charge on any atom is -0.381 e. The van der Waals surface area contributed by atoms with Crippen molar-refractivity contribution < 1.29 is 9.61 Å². The van der Waals surface area contributed by atoms with Gasteiger partial charge in [-0.05, 0) is 37.1 Å². The molecule has 27 heavy (non-hydrogen) atoms. The fourth-order valence-electron chi connectivity index (χ4n) is 3.83. The van der Waals surface area contributed by atoms with Crippen LogP contribution in [0.2, 0.25) is 0 Å². The van der Waals surface area contributed by atoms with Gasteiger partial charge in [-0.15, -0.1) is 10.5 Å². The fraction of sp³-hybridized carbons (Fsp3) is 0.368. The summed E-state index contributed by atoms with van der Waals surface area (Å²) in [5.74, 6) is 0.919. The number of benzene rings is 1. The van der Waals surface area contributed by atoms with Crippen molar-refractivity contribution in [1.29, 1.82) is 0 Å². The van der Waals surface area contributed by atoms with Crippen molar-refractivity contribution >= 4 is 17.2 Å². The molecule has 0 unspecified atom stereocenters. The van der Waals surface area contributed by atoms with Crippen LogP contribution < -0.4 is 10.3 Å². The Kier molecular flexibility index (Phi) is 3.78. The molecular formula is C19H21N6O2+. The van der Waals surface area contributed by atoms with Crippen LogP contribution in [-0.4, -0.2) is 45.8 Å². The van der Waals surface area contributed by atoms with Gasteiger partial charge in [0.25, 0.3) is 6.54 Å². The minimum absolute atomic E-state index is 0.338. The van der Waals surface area contributed by atoms with E-state index >= 15 is 0 Å².